The molecule has 0 radical (unpaired) electrons. The molecule has 1 fully saturated rings. The summed E-state index contributed by atoms with van der Waals surface area (Å²) in [6, 6.07) is 0. The maximum absolute atomic E-state index is 11.5. The van der Waals surface area contributed by atoms with E-state index in [0.717, 1.165) is 32.5 Å². The predicted octanol–water partition coefficient (Wildman–Crippen LogP) is 1.28. The number of hydrogen-bond acceptors (Lipinski definition) is 3. The van der Waals surface area contributed by atoms with Crippen molar-refractivity contribution < 1.29 is 9.53 Å². The van der Waals surface area contributed by atoms with Crippen LogP contribution in [0.25, 0.3) is 0 Å². The highest BCUT2D eigenvalue weighted by Crippen LogP contribution is 2.17. The standard InChI is InChI=1S/C12H19NO2/c1-3-5-8-13-9-6-7-11(10-13)12(14)15-4-2/h11H,4,6-10H2,1-2H3/t11-/m1/s1. The van der Waals surface area contributed by atoms with E-state index < -0.39 is 0 Å². The number of carbonyl (C=O) groups is 1. The summed E-state index contributed by atoms with van der Waals surface area (Å²) in [5, 5.41) is 0. The van der Waals surface area contributed by atoms with Crippen molar-refractivity contribution in [1.82, 2.24) is 4.90 Å². The van der Waals surface area contributed by atoms with Crippen molar-refractivity contribution in [1.29, 1.82) is 0 Å². The molecule has 0 aromatic rings. The van der Waals surface area contributed by atoms with E-state index in [9.17, 15) is 4.79 Å². The minimum Gasteiger partial charge on any atom is -0.466 e. The zero-order valence-electron chi connectivity index (χ0n) is 9.58. The average Bonchev–Trinajstić information content (AvgIpc) is 2.27. The Balaban J connectivity index is 2.40. The minimum atomic E-state index is -0.0494. The molecule has 0 N–H and O–H groups in total. The van der Waals surface area contributed by atoms with Crippen molar-refractivity contribution in [2.75, 3.05) is 26.2 Å². The third-order valence-electron chi connectivity index (χ3n) is 2.60. The Kier molecular flexibility index (Phi) is 5.20. The SMILES string of the molecule is CC#CCN1CCC[C@@H](C(=O)OCC)C1. The molecule has 1 heterocycles. The largest absolute Gasteiger partial charge is 0.466 e. The molecule has 0 aromatic heterocycles. The van der Waals surface area contributed by atoms with Crippen LogP contribution < -0.4 is 0 Å². The van der Waals surface area contributed by atoms with Gasteiger partial charge >= 0.3 is 5.97 Å². The van der Waals surface area contributed by atoms with E-state index in [-0.39, 0.29) is 11.9 Å². The van der Waals surface area contributed by atoms with E-state index in [4.69, 9.17) is 4.74 Å². The minimum absolute atomic E-state index is 0.0494. The van der Waals surface area contributed by atoms with E-state index in [1.165, 1.54) is 0 Å². The van der Waals surface area contributed by atoms with Crippen molar-refractivity contribution in [3.05, 3.63) is 0 Å². The third kappa shape index (κ3) is 3.93. The Morgan fingerprint density at radius 3 is 3.07 bits per heavy atom. The normalized spacial score (nSPS) is 21.6. The summed E-state index contributed by atoms with van der Waals surface area (Å²) in [7, 11) is 0. The molecule has 1 rings (SSSR count). The summed E-state index contributed by atoms with van der Waals surface area (Å²) in [4.78, 5) is 13.8. The molecular formula is C12H19NO2. The van der Waals surface area contributed by atoms with E-state index in [1.807, 2.05) is 13.8 Å². The Morgan fingerprint density at radius 1 is 1.60 bits per heavy atom. The molecule has 0 spiro atoms. The Bertz CT molecular complexity index is 265. The van der Waals surface area contributed by atoms with Gasteiger partial charge in [0.1, 0.15) is 0 Å². The maximum Gasteiger partial charge on any atom is 0.310 e. The first-order valence-electron chi connectivity index (χ1n) is 5.56. The van der Waals surface area contributed by atoms with Gasteiger partial charge in [0, 0.05) is 6.54 Å². The molecule has 1 aliphatic heterocycles. The fourth-order valence-corrected chi connectivity index (χ4v) is 1.84. The number of esters is 1. The molecule has 0 unspecified atom stereocenters. The summed E-state index contributed by atoms with van der Waals surface area (Å²) in [6.07, 6.45) is 2.02. The molecule has 15 heavy (non-hydrogen) atoms. The molecule has 0 saturated carbocycles. The van der Waals surface area contributed by atoms with Crippen molar-refractivity contribution >= 4 is 5.97 Å². The van der Waals surface area contributed by atoms with Gasteiger partial charge in [0.05, 0.1) is 19.1 Å². The van der Waals surface area contributed by atoms with Crippen LogP contribution in [0, 0.1) is 17.8 Å². The monoisotopic (exact) mass is 209 g/mol. The van der Waals surface area contributed by atoms with Crippen LogP contribution in [0.3, 0.4) is 0 Å². The van der Waals surface area contributed by atoms with Crippen molar-refractivity contribution in [3.63, 3.8) is 0 Å². The summed E-state index contributed by atoms with van der Waals surface area (Å²) in [5.74, 6) is 5.91. The molecular weight excluding hydrogens is 190 g/mol. The maximum atomic E-state index is 11.5. The number of carbonyl (C=O) groups excluding carboxylic acids is 1. The molecule has 3 nitrogen and oxygen atoms in total. The lowest BCUT2D eigenvalue weighted by Crippen LogP contribution is -2.39. The lowest BCUT2D eigenvalue weighted by molar-refractivity contribution is -0.149. The quantitative estimate of drug-likeness (QED) is 0.518. The number of likely N-dealkylation sites (tertiary alicyclic amines) is 1. The molecule has 0 bridgehead atoms. The van der Waals surface area contributed by atoms with Crippen molar-refractivity contribution in [3.8, 4) is 11.8 Å². The van der Waals surface area contributed by atoms with Gasteiger partial charge < -0.3 is 4.74 Å². The highest BCUT2D eigenvalue weighted by molar-refractivity contribution is 5.72. The van der Waals surface area contributed by atoms with Gasteiger partial charge in [0.25, 0.3) is 0 Å². The first-order valence-corrected chi connectivity index (χ1v) is 5.56. The number of hydrogen-bond donors (Lipinski definition) is 0. The lowest BCUT2D eigenvalue weighted by atomic mass is 9.98. The average molecular weight is 209 g/mol. The summed E-state index contributed by atoms with van der Waals surface area (Å²) in [6.45, 7) is 6.78. The smallest absolute Gasteiger partial charge is 0.310 e. The molecule has 0 aliphatic carbocycles. The first kappa shape index (κ1) is 12.1. The van der Waals surface area contributed by atoms with Crippen LogP contribution in [0.4, 0.5) is 0 Å². The molecule has 1 atom stereocenters. The fourth-order valence-electron chi connectivity index (χ4n) is 1.84. The van der Waals surface area contributed by atoms with Gasteiger partial charge in [-0.05, 0) is 33.2 Å². The van der Waals surface area contributed by atoms with Crippen LogP contribution in [0.5, 0.6) is 0 Å². The van der Waals surface area contributed by atoms with E-state index in [2.05, 4.69) is 16.7 Å². The fraction of sp³-hybridized carbons (Fsp3) is 0.750. The van der Waals surface area contributed by atoms with Gasteiger partial charge in [-0.25, -0.2) is 0 Å². The van der Waals surface area contributed by atoms with Gasteiger partial charge in [-0.1, -0.05) is 5.92 Å². The van der Waals surface area contributed by atoms with Crippen molar-refractivity contribution in [2.45, 2.75) is 26.7 Å². The van der Waals surface area contributed by atoms with Crippen LogP contribution >= 0.6 is 0 Å². The first-order chi connectivity index (χ1) is 7.27. The van der Waals surface area contributed by atoms with E-state index in [0.29, 0.717) is 6.61 Å². The van der Waals surface area contributed by atoms with Crippen LogP contribution in [0.1, 0.15) is 26.7 Å². The Hall–Kier alpha value is -1.01. The van der Waals surface area contributed by atoms with Crippen LogP contribution in [0.15, 0.2) is 0 Å². The summed E-state index contributed by atoms with van der Waals surface area (Å²) < 4.78 is 5.03. The zero-order valence-corrected chi connectivity index (χ0v) is 9.58. The van der Waals surface area contributed by atoms with Crippen molar-refractivity contribution in [2.24, 2.45) is 5.92 Å². The zero-order chi connectivity index (χ0) is 11.1. The van der Waals surface area contributed by atoms with Gasteiger partial charge in [0.2, 0.25) is 0 Å². The molecule has 0 amide bonds. The third-order valence-corrected chi connectivity index (χ3v) is 2.60. The summed E-state index contributed by atoms with van der Waals surface area (Å²) >= 11 is 0. The predicted molar refractivity (Wildman–Crippen MR) is 59.2 cm³/mol. The molecule has 84 valence electrons. The summed E-state index contributed by atoms with van der Waals surface area (Å²) in [5.41, 5.74) is 0. The lowest BCUT2D eigenvalue weighted by Gasteiger charge is -2.29. The Morgan fingerprint density at radius 2 is 2.40 bits per heavy atom. The molecule has 1 saturated heterocycles. The van der Waals surface area contributed by atoms with Gasteiger partial charge in [-0.2, -0.15) is 0 Å². The van der Waals surface area contributed by atoms with Gasteiger partial charge in [-0.3, -0.25) is 9.69 Å². The van der Waals surface area contributed by atoms with Crippen LogP contribution in [-0.2, 0) is 9.53 Å². The van der Waals surface area contributed by atoms with Crippen LogP contribution in [-0.4, -0.2) is 37.1 Å². The highest BCUT2D eigenvalue weighted by Gasteiger charge is 2.26. The second-order valence-corrected chi connectivity index (χ2v) is 3.75. The van der Waals surface area contributed by atoms with E-state index >= 15 is 0 Å². The van der Waals surface area contributed by atoms with Gasteiger partial charge in [-0.15, -0.1) is 5.92 Å². The van der Waals surface area contributed by atoms with Crippen LogP contribution in [0.2, 0.25) is 0 Å². The number of rotatable bonds is 3. The topological polar surface area (TPSA) is 29.5 Å². The second kappa shape index (κ2) is 6.47. The number of piperidine rings is 1. The van der Waals surface area contributed by atoms with E-state index in [1.54, 1.807) is 0 Å². The highest BCUT2D eigenvalue weighted by atomic mass is 16.5. The molecule has 0 aromatic carbocycles. The molecule has 1 aliphatic rings. The number of nitrogens with zero attached hydrogens (tertiary/aromatic N) is 1. The number of ether oxygens (including phenoxy) is 1. The Labute approximate surface area is 91.8 Å². The van der Waals surface area contributed by atoms with Gasteiger partial charge in [0.15, 0.2) is 0 Å². The molecule has 3 heteroatoms. The second-order valence-electron chi connectivity index (χ2n) is 3.75.